The first kappa shape index (κ1) is 9.70. The van der Waals surface area contributed by atoms with Crippen LogP contribution in [0.4, 0.5) is 0 Å². The summed E-state index contributed by atoms with van der Waals surface area (Å²) in [5.74, 6) is 0. The first-order valence-corrected chi connectivity index (χ1v) is 4.02. The first-order valence-electron chi connectivity index (χ1n) is 4.02. The minimum Gasteiger partial charge on any atom is -0.390 e. The van der Waals surface area contributed by atoms with Crippen LogP contribution in [0.15, 0.2) is 12.2 Å². The molecule has 1 N–H and O–H groups in total. The summed E-state index contributed by atoms with van der Waals surface area (Å²) < 4.78 is 0. The van der Waals surface area contributed by atoms with Crippen molar-refractivity contribution in [2.45, 2.75) is 45.6 Å². The third-order valence-corrected chi connectivity index (χ3v) is 2.05. The van der Waals surface area contributed by atoms with E-state index in [0.29, 0.717) is 0 Å². The zero-order valence-corrected chi connectivity index (χ0v) is 7.22. The van der Waals surface area contributed by atoms with Crippen LogP contribution in [0.1, 0.15) is 40.0 Å². The van der Waals surface area contributed by atoms with Crippen LogP contribution in [0.2, 0.25) is 0 Å². The number of aliphatic hydroxyl groups is 1. The van der Waals surface area contributed by atoms with Gasteiger partial charge in [-0.1, -0.05) is 26.0 Å². The van der Waals surface area contributed by atoms with Gasteiger partial charge in [0.15, 0.2) is 0 Å². The summed E-state index contributed by atoms with van der Waals surface area (Å²) in [4.78, 5) is 0. The van der Waals surface area contributed by atoms with Gasteiger partial charge in [-0.05, 0) is 26.2 Å². The van der Waals surface area contributed by atoms with E-state index in [1.807, 2.05) is 32.9 Å². The Hall–Kier alpha value is -0.300. The van der Waals surface area contributed by atoms with Crippen molar-refractivity contribution in [3.8, 4) is 0 Å². The van der Waals surface area contributed by atoms with E-state index in [9.17, 15) is 5.11 Å². The lowest BCUT2D eigenvalue weighted by molar-refractivity contribution is 0.0353. The Kier molecular flexibility index (Phi) is 4.37. The largest absolute Gasteiger partial charge is 0.390 e. The van der Waals surface area contributed by atoms with Gasteiger partial charge in [0.25, 0.3) is 0 Å². The third-order valence-electron chi connectivity index (χ3n) is 2.05. The fourth-order valence-electron chi connectivity index (χ4n) is 0.876. The molecule has 60 valence electrons. The van der Waals surface area contributed by atoms with Crippen molar-refractivity contribution in [3.63, 3.8) is 0 Å². The molecule has 0 spiro atoms. The standard InChI is InChI=1S/C9H18O/c1-4-7-8-9(10,5-2)6-3/h4,7,10H,5-6,8H2,1-3H3/b7-4+. The second-order valence-electron chi connectivity index (χ2n) is 2.70. The number of hydrogen-bond acceptors (Lipinski definition) is 1. The fourth-order valence-corrected chi connectivity index (χ4v) is 0.876. The van der Waals surface area contributed by atoms with Crippen LogP contribution >= 0.6 is 0 Å². The molecule has 0 radical (unpaired) electrons. The van der Waals surface area contributed by atoms with E-state index >= 15 is 0 Å². The molecule has 0 amide bonds. The van der Waals surface area contributed by atoms with Crippen molar-refractivity contribution in [3.05, 3.63) is 12.2 Å². The number of rotatable bonds is 4. The smallest absolute Gasteiger partial charge is 0.0676 e. The normalized spacial score (nSPS) is 12.8. The van der Waals surface area contributed by atoms with Crippen LogP contribution in [0.5, 0.6) is 0 Å². The second-order valence-corrected chi connectivity index (χ2v) is 2.70. The third kappa shape index (κ3) is 3.02. The summed E-state index contributed by atoms with van der Waals surface area (Å²) in [5.41, 5.74) is -0.452. The second kappa shape index (κ2) is 4.51. The van der Waals surface area contributed by atoms with Gasteiger partial charge in [-0.2, -0.15) is 0 Å². The van der Waals surface area contributed by atoms with E-state index < -0.39 is 5.60 Å². The van der Waals surface area contributed by atoms with Crippen molar-refractivity contribution in [1.82, 2.24) is 0 Å². The van der Waals surface area contributed by atoms with Crippen LogP contribution in [-0.4, -0.2) is 10.7 Å². The van der Waals surface area contributed by atoms with E-state index in [-0.39, 0.29) is 0 Å². The predicted octanol–water partition coefficient (Wildman–Crippen LogP) is 2.50. The van der Waals surface area contributed by atoms with Gasteiger partial charge in [0.2, 0.25) is 0 Å². The van der Waals surface area contributed by atoms with Gasteiger partial charge in [-0.3, -0.25) is 0 Å². The van der Waals surface area contributed by atoms with Gasteiger partial charge < -0.3 is 5.11 Å². The maximum Gasteiger partial charge on any atom is 0.0676 e. The van der Waals surface area contributed by atoms with Gasteiger partial charge in [0.1, 0.15) is 0 Å². The zero-order chi connectivity index (χ0) is 8.04. The monoisotopic (exact) mass is 142 g/mol. The molecule has 0 saturated carbocycles. The summed E-state index contributed by atoms with van der Waals surface area (Å²) in [6, 6.07) is 0. The molecule has 0 unspecified atom stereocenters. The molecule has 10 heavy (non-hydrogen) atoms. The van der Waals surface area contributed by atoms with Crippen LogP contribution in [0.3, 0.4) is 0 Å². The summed E-state index contributed by atoms with van der Waals surface area (Å²) in [6.07, 6.45) is 6.47. The Morgan fingerprint density at radius 3 is 2.10 bits per heavy atom. The van der Waals surface area contributed by atoms with Crippen molar-refractivity contribution in [2.24, 2.45) is 0 Å². The van der Waals surface area contributed by atoms with Gasteiger partial charge >= 0.3 is 0 Å². The Labute approximate surface area is 63.8 Å². The van der Waals surface area contributed by atoms with Crippen LogP contribution in [-0.2, 0) is 0 Å². The van der Waals surface area contributed by atoms with E-state index in [1.54, 1.807) is 0 Å². The van der Waals surface area contributed by atoms with Crippen LogP contribution < -0.4 is 0 Å². The Bertz CT molecular complexity index is 101. The molecule has 0 aromatic heterocycles. The summed E-state index contributed by atoms with van der Waals surface area (Å²) >= 11 is 0. The molecular formula is C9H18O. The lowest BCUT2D eigenvalue weighted by Crippen LogP contribution is -2.25. The van der Waals surface area contributed by atoms with Crippen LogP contribution in [0.25, 0.3) is 0 Å². The molecule has 0 saturated heterocycles. The average molecular weight is 142 g/mol. The molecule has 0 aromatic carbocycles. The summed E-state index contributed by atoms with van der Waals surface area (Å²) in [5, 5.41) is 9.71. The summed E-state index contributed by atoms with van der Waals surface area (Å²) in [6.45, 7) is 6.02. The molecule has 0 atom stereocenters. The van der Waals surface area contributed by atoms with Gasteiger partial charge in [0, 0.05) is 0 Å². The van der Waals surface area contributed by atoms with Gasteiger partial charge in [0.05, 0.1) is 5.60 Å². The lowest BCUT2D eigenvalue weighted by Gasteiger charge is -2.22. The lowest BCUT2D eigenvalue weighted by atomic mass is 9.93. The minimum absolute atomic E-state index is 0.452. The molecule has 0 aliphatic carbocycles. The van der Waals surface area contributed by atoms with Crippen molar-refractivity contribution < 1.29 is 5.11 Å². The first-order chi connectivity index (χ1) is 4.68. The van der Waals surface area contributed by atoms with Gasteiger partial charge in [-0.25, -0.2) is 0 Å². The van der Waals surface area contributed by atoms with E-state index in [2.05, 4.69) is 0 Å². The Morgan fingerprint density at radius 2 is 1.80 bits per heavy atom. The molecule has 1 heteroatoms. The van der Waals surface area contributed by atoms with E-state index in [0.717, 1.165) is 19.3 Å². The molecule has 0 aliphatic heterocycles. The maximum absolute atomic E-state index is 9.71. The highest BCUT2D eigenvalue weighted by atomic mass is 16.3. The molecule has 0 heterocycles. The SMILES string of the molecule is C/C=C/CC(O)(CC)CC. The average Bonchev–Trinajstić information content (AvgIpc) is 2.00. The zero-order valence-electron chi connectivity index (χ0n) is 7.22. The minimum atomic E-state index is -0.452. The van der Waals surface area contributed by atoms with E-state index in [1.165, 1.54) is 0 Å². The van der Waals surface area contributed by atoms with E-state index in [4.69, 9.17) is 0 Å². The highest BCUT2D eigenvalue weighted by Crippen LogP contribution is 2.19. The fraction of sp³-hybridized carbons (Fsp3) is 0.778. The van der Waals surface area contributed by atoms with Crippen molar-refractivity contribution in [2.75, 3.05) is 0 Å². The van der Waals surface area contributed by atoms with Gasteiger partial charge in [-0.15, -0.1) is 0 Å². The molecule has 0 aromatic rings. The molecule has 1 nitrogen and oxygen atoms in total. The highest BCUT2D eigenvalue weighted by molar-refractivity contribution is 4.88. The molecule has 0 fully saturated rings. The van der Waals surface area contributed by atoms with Crippen LogP contribution in [0, 0.1) is 0 Å². The number of hydrogen-bond donors (Lipinski definition) is 1. The number of allylic oxidation sites excluding steroid dienone is 1. The quantitative estimate of drug-likeness (QED) is 0.598. The Morgan fingerprint density at radius 1 is 1.30 bits per heavy atom. The summed E-state index contributed by atoms with van der Waals surface area (Å²) in [7, 11) is 0. The Balaban J connectivity index is 3.80. The molecule has 0 aliphatic rings. The molecular weight excluding hydrogens is 124 g/mol. The topological polar surface area (TPSA) is 20.2 Å². The maximum atomic E-state index is 9.71. The van der Waals surface area contributed by atoms with Crippen molar-refractivity contribution in [1.29, 1.82) is 0 Å². The molecule has 0 bridgehead atoms. The highest BCUT2D eigenvalue weighted by Gasteiger charge is 2.19. The predicted molar refractivity (Wildman–Crippen MR) is 45.0 cm³/mol. The van der Waals surface area contributed by atoms with Crippen molar-refractivity contribution >= 4 is 0 Å². The molecule has 0 rings (SSSR count).